The van der Waals surface area contributed by atoms with E-state index < -0.39 is 12.0 Å². The van der Waals surface area contributed by atoms with E-state index in [1.807, 2.05) is 0 Å². The van der Waals surface area contributed by atoms with Gasteiger partial charge in [-0.2, -0.15) is 12.6 Å². The number of nitrogens with two attached hydrogens (primary N) is 1. The third kappa shape index (κ3) is 8.68. The zero-order valence-electron chi connectivity index (χ0n) is 8.98. The molecule has 15 heavy (non-hydrogen) atoms. The van der Waals surface area contributed by atoms with Crippen molar-refractivity contribution >= 4 is 18.6 Å². The Morgan fingerprint density at radius 1 is 1.33 bits per heavy atom. The van der Waals surface area contributed by atoms with E-state index in [0.717, 1.165) is 0 Å². The van der Waals surface area contributed by atoms with Crippen molar-refractivity contribution in [2.24, 2.45) is 5.73 Å². The van der Waals surface area contributed by atoms with Gasteiger partial charge >= 0.3 is 5.97 Å². The Morgan fingerprint density at radius 2 is 2.00 bits per heavy atom. The van der Waals surface area contributed by atoms with Gasteiger partial charge in [-0.25, -0.2) is 0 Å². The Labute approximate surface area is 95.7 Å². The molecule has 1 unspecified atom stereocenters. The molecule has 90 valence electrons. The van der Waals surface area contributed by atoms with E-state index in [1.54, 1.807) is 7.11 Å². The number of hydrogen-bond acceptors (Lipinski definition) is 6. The summed E-state index contributed by atoms with van der Waals surface area (Å²) in [6.45, 7) is 1.62. The molecule has 5 nitrogen and oxygen atoms in total. The van der Waals surface area contributed by atoms with Crippen molar-refractivity contribution in [2.75, 3.05) is 39.3 Å². The van der Waals surface area contributed by atoms with Crippen molar-refractivity contribution in [2.45, 2.75) is 12.5 Å². The Bertz CT molecular complexity index is 168. The minimum atomic E-state index is -0.582. The number of carbonyl (C=O) groups is 1. The number of hydrogen-bond donors (Lipinski definition) is 2. The van der Waals surface area contributed by atoms with E-state index in [-0.39, 0.29) is 6.61 Å². The molecule has 6 heteroatoms. The SMILES string of the molecule is COCCOCCOC(=O)C(N)CCS. The number of methoxy groups -OCH3 is 1. The lowest BCUT2D eigenvalue weighted by atomic mass is 10.2. The molecule has 0 spiro atoms. The van der Waals surface area contributed by atoms with Crippen molar-refractivity contribution in [1.82, 2.24) is 0 Å². The second-order valence-corrected chi connectivity index (χ2v) is 3.34. The molecule has 0 bridgehead atoms. The zero-order valence-corrected chi connectivity index (χ0v) is 9.87. The fraction of sp³-hybridized carbons (Fsp3) is 0.889. The van der Waals surface area contributed by atoms with Gasteiger partial charge in [-0.05, 0) is 12.2 Å². The summed E-state index contributed by atoms with van der Waals surface area (Å²) in [6.07, 6.45) is 0.520. The molecule has 0 aromatic heterocycles. The lowest BCUT2D eigenvalue weighted by Gasteiger charge is -2.10. The zero-order chi connectivity index (χ0) is 11.5. The molecule has 0 heterocycles. The van der Waals surface area contributed by atoms with Gasteiger partial charge in [0, 0.05) is 7.11 Å². The standard InChI is InChI=1S/C9H19NO4S/c1-12-3-4-13-5-6-14-9(11)8(10)2-7-15/h8,15H,2-7,10H2,1H3. The lowest BCUT2D eigenvalue weighted by Crippen LogP contribution is -2.33. The largest absolute Gasteiger partial charge is 0.462 e. The van der Waals surface area contributed by atoms with Gasteiger partial charge in [0.25, 0.3) is 0 Å². The van der Waals surface area contributed by atoms with Crippen LogP contribution >= 0.6 is 12.6 Å². The molecule has 0 radical (unpaired) electrons. The first kappa shape index (κ1) is 14.7. The van der Waals surface area contributed by atoms with Crippen LogP contribution in [0.2, 0.25) is 0 Å². The molecule has 1 atom stereocenters. The normalized spacial score (nSPS) is 12.5. The maximum absolute atomic E-state index is 11.2. The first-order chi connectivity index (χ1) is 7.22. The number of ether oxygens (including phenoxy) is 3. The summed E-state index contributed by atoms with van der Waals surface area (Å²) in [5.74, 6) is 0.167. The van der Waals surface area contributed by atoms with Crippen LogP contribution in [0.4, 0.5) is 0 Å². The van der Waals surface area contributed by atoms with Crippen molar-refractivity contribution < 1.29 is 19.0 Å². The van der Waals surface area contributed by atoms with Crippen LogP contribution in [0.1, 0.15) is 6.42 Å². The molecule has 0 rings (SSSR count). The van der Waals surface area contributed by atoms with Gasteiger partial charge < -0.3 is 19.9 Å². The fourth-order valence-electron chi connectivity index (χ4n) is 0.809. The second kappa shape index (κ2) is 10.2. The van der Waals surface area contributed by atoms with Gasteiger partial charge in [0.2, 0.25) is 0 Å². The molecule has 0 saturated carbocycles. The molecular weight excluding hydrogens is 218 g/mol. The molecule has 0 amide bonds. The first-order valence-corrected chi connectivity index (χ1v) is 5.45. The van der Waals surface area contributed by atoms with E-state index in [9.17, 15) is 4.79 Å². The van der Waals surface area contributed by atoms with E-state index in [1.165, 1.54) is 0 Å². The average Bonchev–Trinajstić information content (AvgIpc) is 2.23. The van der Waals surface area contributed by atoms with Crippen LogP contribution in [-0.2, 0) is 19.0 Å². The predicted octanol–water partition coefficient (Wildman–Crippen LogP) is -0.160. The maximum atomic E-state index is 11.2. The average molecular weight is 237 g/mol. The summed E-state index contributed by atoms with van der Waals surface area (Å²) in [4.78, 5) is 11.2. The Balaban J connectivity index is 3.30. The highest BCUT2D eigenvalue weighted by Gasteiger charge is 2.13. The highest BCUT2D eigenvalue weighted by molar-refractivity contribution is 7.80. The Kier molecular flexibility index (Phi) is 10.0. The number of carbonyl (C=O) groups excluding carboxylic acids is 1. The summed E-state index contributed by atoms with van der Waals surface area (Å²) in [5.41, 5.74) is 5.51. The van der Waals surface area contributed by atoms with Crippen molar-refractivity contribution in [3.8, 4) is 0 Å². The van der Waals surface area contributed by atoms with Crippen molar-refractivity contribution in [3.05, 3.63) is 0 Å². The lowest BCUT2D eigenvalue weighted by molar-refractivity contribution is -0.146. The summed E-state index contributed by atoms with van der Waals surface area (Å²) in [6, 6.07) is -0.582. The Morgan fingerprint density at radius 3 is 2.60 bits per heavy atom. The molecule has 0 fully saturated rings. The summed E-state index contributed by atoms with van der Waals surface area (Å²) in [5, 5.41) is 0. The van der Waals surface area contributed by atoms with Crippen LogP contribution < -0.4 is 5.73 Å². The topological polar surface area (TPSA) is 70.8 Å². The predicted molar refractivity (Wildman–Crippen MR) is 60.1 cm³/mol. The van der Waals surface area contributed by atoms with E-state index in [0.29, 0.717) is 32.0 Å². The first-order valence-electron chi connectivity index (χ1n) is 4.82. The van der Waals surface area contributed by atoms with E-state index in [4.69, 9.17) is 19.9 Å². The van der Waals surface area contributed by atoms with Crippen LogP contribution in [-0.4, -0.2) is 51.3 Å². The van der Waals surface area contributed by atoms with Crippen LogP contribution in [0.15, 0.2) is 0 Å². The molecule has 0 aromatic rings. The molecule has 0 aromatic carbocycles. The smallest absolute Gasteiger partial charge is 0.323 e. The van der Waals surface area contributed by atoms with Crippen LogP contribution in [0.3, 0.4) is 0 Å². The molecule has 0 aliphatic heterocycles. The third-order valence-electron chi connectivity index (χ3n) is 1.65. The molecule has 0 saturated heterocycles. The summed E-state index contributed by atoms with van der Waals surface area (Å²) in [7, 11) is 1.60. The molecule has 0 aliphatic carbocycles. The highest BCUT2D eigenvalue weighted by atomic mass is 32.1. The van der Waals surface area contributed by atoms with Crippen molar-refractivity contribution in [1.29, 1.82) is 0 Å². The maximum Gasteiger partial charge on any atom is 0.323 e. The van der Waals surface area contributed by atoms with Crippen LogP contribution in [0.5, 0.6) is 0 Å². The monoisotopic (exact) mass is 237 g/mol. The van der Waals surface area contributed by atoms with Gasteiger partial charge in [0.05, 0.1) is 19.8 Å². The summed E-state index contributed by atoms with van der Waals surface area (Å²) < 4.78 is 14.8. The third-order valence-corrected chi connectivity index (χ3v) is 1.90. The Hall–Kier alpha value is -0.300. The van der Waals surface area contributed by atoms with Gasteiger partial charge in [0.1, 0.15) is 12.6 Å². The highest BCUT2D eigenvalue weighted by Crippen LogP contribution is 1.94. The minimum Gasteiger partial charge on any atom is -0.462 e. The molecule has 2 N–H and O–H groups in total. The van der Waals surface area contributed by atoms with Crippen LogP contribution in [0.25, 0.3) is 0 Å². The summed E-state index contributed by atoms with van der Waals surface area (Å²) >= 11 is 3.98. The van der Waals surface area contributed by atoms with E-state index >= 15 is 0 Å². The van der Waals surface area contributed by atoms with Gasteiger partial charge in [-0.15, -0.1) is 0 Å². The van der Waals surface area contributed by atoms with E-state index in [2.05, 4.69) is 12.6 Å². The molecule has 0 aliphatic rings. The number of esters is 1. The van der Waals surface area contributed by atoms with Gasteiger partial charge in [-0.1, -0.05) is 0 Å². The van der Waals surface area contributed by atoms with Crippen molar-refractivity contribution in [3.63, 3.8) is 0 Å². The quantitative estimate of drug-likeness (QED) is 0.331. The second-order valence-electron chi connectivity index (χ2n) is 2.89. The molecular formula is C9H19NO4S. The van der Waals surface area contributed by atoms with Gasteiger partial charge in [0.15, 0.2) is 0 Å². The van der Waals surface area contributed by atoms with Crippen LogP contribution in [0, 0.1) is 0 Å². The minimum absolute atomic E-state index is 0.225. The van der Waals surface area contributed by atoms with Gasteiger partial charge in [-0.3, -0.25) is 4.79 Å². The fourth-order valence-corrected chi connectivity index (χ4v) is 1.09. The number of thiol groups is 1. The number of rotatable bonds is 9.